The van der Waals surface area contributed by atoms with Crippen molar-refractivity contribution in [3.05, 3.63) is 36.0 Å². The van der Waals surface area contributed by atoms with E-state index in [-0.39, 0.29) is 24.0 Å². The summed E-state index contributed by atoms with van der Waals surface area (Å²) in [6, 6.07) is 8.95. The summed E-state index contributed by atoms with van der Waals surface area (Å²) in [7, 11) is 0. The molecule has 6 nitrogen and oxygen atoms in total. The first kappa shape index (κ1) is 18.5. The van der Waals surface area contributed by atoms with Crippen molar-refractivity contribution < 1.29 is 14.3 Å². The zero-order valence-electron chi connectivity index (χ0n) is 14.4. The zero-order valence-corrected chi connectivity index (χ0v) is 14.4. The summed E-state index contributed by atoms with van der Waals surface area (Å²) in [6.45, 7) is 1.89. The Morgan fingerprint density at radius 1 is 1.28 bits per heavy atom. The largest absolute Gasteiger partial charge is 0.462 e. The van der Waals surface area contributed by atoms with Crippen LogP contribution in [0.3, 0.4) is 0 Å². The number of rotatable bonds is 6. The van der Waals surface area contributed by atoms with Gasteiger partial charge in [-0.2, -0.15) is 5.26 Å². The van der Waals surface area contributed by atoms with Gasteiger partial charge in [0.2, 0.25) is 5.91 Å². The molecule has 0 aromatic heterocycles. The van der Waals surface area contributed by atoms with Crippen LogP contribution in [0.25, 0.3) is 0 Å². The van der Waals surface area contributed by atoms with E-state index in [1.54, 1.807) is 31.2 Å². The van der Waals surface area contributed by atoms with Crippen LogP contribution in [0.4, 0.5) is 11.4 Å². The maximum Gasteiger partial charge on any atom is 0.350 e. The molecule has 1 aromatic carbocycles. The van der Waals surface area contributed by atoms with Gasteiger partial charge < -0.3 is 15.4 Å². The van der Waals surface area contributed by atoms with E-state index in [2.05, 4.69) is 10.6 Å². The van der Waals surface area contributed by atoms with Gasteiger partial charge in [-0.15, -0.1) is 0 Å². The molecular formula is C19H23N3O3. The Morgan fingerprint density at radius 2 is 2.00 bits per heavy atom. The third-order valence-electron chi connectivity index (χ3n) is 4.11. The minimum Gasteiger partial charge on any atom is -0.462 e. The fourth-order valence-electron chi connectivity index (χ4n) is 2.80. The van der Waals surface area contributed by atoms with E-state index in [4.69, 9.17) is 10.00 Å². The van der Waals surface area contributed by atoms with Crippen LogP contribution < -0.4 is 10.6 Å². The fraction of sp³-hybridized carbons (Fsp3) is 0.421. The number of ether oxygens (including phenoxy) is 1. The van der Waals surface area contributed by atoms with E-state index in [0.29, 0.717) is 11.4 Å². The number of nitrogens with zero attached hydrogens (tertiary/aromatic N) is 1. The molecule has 25 heavy (non-hydrogen) atoms. The molecule has 0 unspecified atom stereocenters. The highest BCUT2D eigenvalue weighted by molar-refractivity contribution is 5.94. The van der Waals surface area contributed by atoms with Crippen LogP contribution in [0.1, 0.15) is 39.0 Å². The SMILES string of the molecule is CCOC(=O)/C(C#N)=C\Nc1cccc(NC(=O)C2CCCCC2)c1. The topological polar surface area (TPSA) is 91.2 Å². The number of nitriles is 1. The van der Waals surface area contributed by atoms with Gasteiger partial charge in [0.25, 0.3) is 0 Å². The monoisotopic (exact) mass is 341 g/mol. The number of esters is 1. The predicted octanol–water partition coefficient (Wildman–Crippen LogP) is 3.59. The number of benzene rings is 1. The molecule has 0 spiro atoms. The molecule has 1 aliphatic carbocycles. The van der Waals surface area contributed by atoms with E-state index in [9.17, 15) is 9.59 Å². The number of anilines is 2. The number of nitrogens with one attached hydrogen (secondary N) is 2. The number of hydrogen-bond acceptors (Lipinski definition) is 5. The van der Waals surface area contributed by atoms with Crippen LogP contribution in [0, 0.1) is 17.2 Å². The second-order valence-corrected chi connectivity index (χ2v) is 5.94. The Morgan fingerprint density at radius 3 is 2.68 bits per heavy atom. The van der Waals surface area contributed by atoms with Crippen molar-refractivity contribution in [3.8, 4) is 6.07 Å². The van der Waals surface area contributed by atoms with Gasteiger partial charge in [0, 0.05) is 23.5 Å². The Bertz CT molecular complexity index is 685. The normalized spacial score (nSPS) is 15.1. The minimum atomic E-state index is -0.667. The van der Waals surface area contributed by atoms with E-state index in [1.165, 1.54) is 12.6 Å². The average Bonchev–Trinajstić information content (AvgIpc) is 2.63. The van der Waals surface area contributed by atoms with Crippen molar-refractivity contribution in [2.75, 3.05) is 17.2 Å². The fourth-order valence-corrected chi connectivity index (χ4v) is 2.80. The Balaban J connectivity index is 1.99. The van der Waals surface area contributed by atoms with E-state index >= 15 is 0 Å². The number of carbonyl (C=O) groups excluding carboxylic acids is 2. The van der Waals surface area contributed by atoms with Crippen LogP contribution in [0.5, 0.6) is 0 Å². The first-order valence-electron chi connectivity index (χ1n) is 8.59. The molecule has 0 radical (unpaired) electrons. The first-order valence-corrected chi connectivity index (χ1v) is 8.59. The molecule has 132 valence electrons. The van der Waals surface area contributed by atoms with Crippen LogP contribution in [0.2, 0.25) is 0 Å². The van der Waals surface area contributed by atoms with E-state index in [0.717, 1.165) is 25.7 Å². The van der Waals surface area contributed by atoms with Gasteiger partial charge in [-0.05, 0) is 38.0 Å². The molecule has 0 bridgehead atoms. The lowest BCUT2D eigenvalue weighted by Crippen LogP contribution is -2.24. The van der Waals surface area contributed by atoms with Crippen molar-refractivity contribution >= 4 is 23.3 Å². The predicted molar refractivity (Wildman–Crippen MR) is 95.6 cm³/mol. The Labute approximate surface area is 147 Å². The number of hydrogen-bond donors (Lipinski definition) is 2. The highest BCUT2D eigenvalue weighted by Gasteiger charge is 2.21. The lowest BCUT2D eigenvalue weighted by molar-refractivity contribution is -0.138. The summed E-state index contributed by atoms with van der Waals surface area (Å²) >= 11 is 0. The van der Waals surface area contributed by atoms with Gasteiger partial charge in [-0.3, -0.25) is 4.79 Å². The van der Waals surface area contributed by atoms with Gasteiger partial charge in [0.1, 0.15) is 6.07 Å². The molecule has 1 aromatic rings. The average molecular weight is 341 g/mol. The van der Waals surface area contributed by atoms with Crippen LogP contribution in [-0.4, -0.2) is 18.5 Å². The zero-order chi connectivity index (χ0) is 18.1. The first-order chi connectivity index (χ1) is 12.1. The van der Waals surface area contributed by atoms with Gasteiger partial charge in [-0.25, -0.2) is 4.79 Å². The standard InChI is InChI=1S/C19H23N3O3/c1-2-25-19(24)15(12-20)13-21-16-9-6-10-17(11-16)22-18(23)14-7-4-3-5-8-14/h6,9-11,13-14,21H,2-5,7-8H2,1H3,(H,22,23)/b15-13-. The Kier molecular flexibility index (Phi) is 7.02. The molecule has 0 saturated heterocycles. The van der Waals surface area contributed by atoms with Crippen molar-refractivity contribution in [1.29, 1.82) is 5.26 Å². The highest BCUT2D eigenvalue weighted by atomic mass is 16.5. The Hall–Kier alpha value is -2.81. The van der Waals surface area contributed by atoms with E-state index < -0.39 is 5.97 Å². The summed E-state index contributed by atoms with van der Waals surface area (Å²) in [6.07, 6.45) is 6.61. The van der Waals surface area contributed by atoms with Crippen molar-refractivity contribution in [1.82, 2.24) is 0 Å². The van der Waals surface area contributed by atoms with Crippen LogP contribution >= 0.6 is 0 Å². The van der Waals surface area contributed by atoms with Crippen molar-refractivity contribution in [2.24, 2.45) is 5.92 Å². The molecule has 0 aliphatic heterocycles. The van der Waals surface area contributed by atoms with Crippen molar-refractivity contribution in [3.63, 3.8) is 0 Å². The summed E-state index contributed by atoms with van der Waals surface area (Å²) in [5.74, 6) is -0.532. The highest BCUT2D eigenvalue weighted by Crippen LogP contribution is 2.25. The van der Waals surface area contributed by atoms with E-state index in [1.807, 2.05) is 6.07 Å². The lowest BCUT2D eigenvalue weighted by Gasteiger charge is -2.20. The molecule has 0 heterocycles. The van der Waals surface area contributed by atoms with Crippen LogP contribution in [0.15, 0.2) is 36.0 Å². The minimum absolute atomic E-state index is 0.0524. The second kappa shape index (κ2) is 9.48. The molecule has 6 heteroatoms. The quantitative estimate of drug-likeness (QED) is 0.469. The number of carbonyl (C=O) groups is 2. The third kappa shape index (κ3) is 5.64. The van der Waals surface area contributed by atoms with Gasteiger partial charge in [-0.1, -0.05) is 25.3 Å². The summed E-state index contributed by atoms with van der Waals surface area (Å²) in [5, 5.41) is 14.8. The van der Waals surface area contributed by atoms with Gasteiger partial charge in [0.05, 0.1) is 6.61 Å². The molecule has 2 N–H and O–H groups in total. The molecule has 1 saturated carbocycles. The van der Waals surface area contributed by atoms with Crippen molar-refractivity contribution in [2.45, 2.75) is 39.0 Å². The molecule has 1 amide bonds. The molecule has 1 fully saturated rings. The maximum atomic E-state index is 12.3. The third-order valence-corrected chi connectivity index (χ3v) is 4.11. The summed E-state index contributed by atoms with van der Waals surface area (Å²) in [4.78, 5) is 23.9. The van der Waals surface area contributed by atoms with Gasteiger partial charge >= 0.3 is 5.97 Å². The molecule has 1 aliphatic rings. The summed E-state index contributed by atoms with van der Waals surface area (Å²) < 4.78 is 4.80. The smallest absolute Gasteiger partial charge is 0.350 e. The van der Waals surface area contributed by atoms with Crippen LogP contribution in [-0.2, 0) is 14.3 Å². The molecular weight excluding hydrogens is 318 g/mol. The summed E-state index contributed by atoms with van der Waals surface area (Å²) in [5.41, 5.74) is 1.24. The molecule has 0 atom stereocenters. The maximum absolute atomic E-state index is 12.3. The molecule has 2 rings (SSSR count). The van der Waals surface area contributed by atoms with Gasteiger partial charge in [0.15, 0.2) is 5.57 Å². The second-order valence-electron chi connectivity index (χ2n) is 5.94. The lowest BCUT2D eigenvalue weighted by atomic mass is 9.88. The number of amides is 1.